The van der Waals surface area contributed by atoms with Crippen LogP contribution < -0.4 is 0 Å². The number of carbonyl (C=O) groups is 2. The van der Waals surface area contributed by atoms with Gasteiger partial charge in [-0.05, 0) is 13.3 Å². The van der Waals surface area contributed by atoms with E-state index in [0.29, 0.717) is 13.2 Å². The van der Waals surface area contributed by atoms with E-state index in [0.717, 1.165) is 25.0 Å². The highest BCUT2D eigenvalue weighted by Gasteiger charge is 2.00. The number of hydrogen-bond acceptors (Lipinski definition) is 4. The molecule has 20 heavy (non-hydrogen) atoms. The van der Waals surface area contributed by atoms with Crippen LogP contribution in [0.1, 0.15) is 65.2 Å². The van der Waals surface area contributed by atoms with E-state index in [9.17, 15) is 9.59 Å². The minimum Gasteiger partial charge on any atom is -0.463 e. The maximum atomic E-state index is 11.2. The smallest absolute Gasteiger partial charge is 0.331 e. The number of rotatable bonds is 12. The van der Waals surface area contributed by atoms with Crippen molar-refractivity contribution in [2.75, 3.05) is 13.2 Å². The fourth-order valence-corrected chi connectivity index (χ4v) is 1.78. The lowest BCUT2D eigenvalue weighted by atomic mass is 10.1. The van der Waals surface area contributed by atoms with Gasteiger partial charge >= 0.3 is 11.9 Å². The van der Waals surface area contributed by atoms with E-state index in [-0.39, 0.29) is 0 Å². The molecule has 0 saturated carbocycles. The van der Waals surface area contributed by atoms with Crippen LogP contribution in [0.5, 0.6) is 0 Å². The lowest BCUT2D eigenvalue weighted by Gasteiger charge is -2.02. The van der Waals surface area contributed by atoms with Gasteiger partial charge in [0, 0.05) is 12.2 Å². The Bertz CT molecular complexity index is 284. The standard InChI is InChI=1S/C16H28O4/c1-3-5-6-7-8-9-10-11-14-20-16(18)13-12-15(17)19-4-2/h12-13H,3-11,14H2,1-2H3/b13-12+. The molecule has 0 aromatic rings. The van der Waals surface area contributed by atoms with Gasteiger partial charge in [-0.15, -0.1) is 0 Å². The maximum absolute atomic E-state index is 11.2. The molecule has 4 nitrogen and oxygen atoms in total. The van der Waals surface area contributed by atoms with Gasteiger partial charge in [0.05, 0.1) is 13.2 Å². The van der Waals surface area contributed by atoms with Gasteiger partial charge < -0.3 is 9.47 Å². The van der Waals surface area contributed by atoms with Crippen molar-refractivity contribution in [1.29, 1.82) is 0 Å². The van der Waals surface area contributed by atoms with E-state index in [1.165, 1.54) is 38.5 Å². The topological polar surface area (TPSA) is 52.6 Å². The monoisotopic (exact) mass is 284 g/mol. The first-order chi connectivity index (χ1) is 9.70. The van der Waals surface area contributed by atoms with Crippen LogP contribution in [0.25, 0.3) is 0 Å². The first-order valence-corrected chi connectivity index (χ1v) is 7.72. The fourth-order valence-electron chi connectivity index (χ4n) is 1.78. The molecule has 116 valence electrons. The van der Waals surface area contributed by atoms with Crippen molar-refractivity contribution in [1.82, 2.24) is 0 Å². The average Bonchev–Trinajstić information content (AvgIpc) is 2.43. The molecule has 0 rings (SSSR count). The molecule has 0 aliphatic rings. The van der Waals surface area contributed by atoms with Crippen molar-refractivity contribution in [3.63, 3.8) is 0 Å². The molecular weight excluding hydrogens is 256 g/mol. The third-order valence-corrected chi connectivity index (χ3v) is 2.88. The van der Waals surface area contributed by atoms with Crippen molar-refractivity contribution < 1.29 is 19.1 Å². The van der Waals surface area contributed by atoms with Gasteiger partial charge in [-0.25, -0.2) is 9.59 Å². The first kappa shape index (κ1) is 18.7. The van der Waals surface area contributed by atoms with E-state index in [1.807, 2.05) is 0 Å². The minimum atomic E-state index is -0.517. The zero-order valence-corrected chi connectivity index (χ0v) is 12.9. The van der Waals surface area contributed by atoms with Crippen LogP contribution in [0.2, 0.25) is 0 Å². The summed E-state index contributed by atoms with van der Waals surface area (Å²) in [6.07, 6.45) is 11.9. The Morgan fingerprint density at radius 1 is 0.750 bits per heavy atom. The molecule has 0 heterocycles. The number of unbranched alkanes of at least 4 members (excludes halogenated alkanes) is 7. The van der Waals surface area contributed by atoms with Crippen molar-refractivity contribution in [2.45, 2.75) is 65.2 Å². The average molecular weight is 284 g/mol. The normalized spacial score (nSPS) is 10.7. The molecule has 0 bridgehead atoms. The van der Waals surface area contributed by atoms with E-state index in [1.54, 1.807) is 6.92 Å². The van der Waals surface area contributed by atoms with Crippen molar-refractivity contribution in [3.8, 4) is 0 Å². The molecule has 0 unspecified atom stereocenters. The summed E-state index contributed by atoms with van der Waals surface area (Å²) in [5, 5.41) is 0. The van der Waals surface area contributed by atoms with Gasteiger partial charge in [-0.3, -0.25) is 0 Å². The second-order valence-corrected chi connectivity index (χ2v) is 4.73. The summed E-state index contributed by atoms with van der Waals surface area (Å²) >= 11 is 0. The summed E-state index contributed by atoms with van der Waals surface area (Å²) in [5.41, 5.74) is 0. The van der Waals surface area contributed by atoms with Crippen molar-refractivity contribution in [3.05, 3.63) is 12.2 Å². The summed E-state index contributed by atoms with van der Waals surface area (Å²) in [7, 11) is 0. The number of esters is 2. The third-order valence-electron chi connectivity index (χ3n) is 2.88. The van der Waals surface area contributed by atoms with E-state index >= 15 is 0 Å². The second kappa shape index (κ2) is 14.1. The molecule has 0 aromatic heterocycles. The van der Waals surface area contributed by atoms with Gasteiger partial charge in [0.1, 0.15) is 0 Å². The SMILES string of the molecule is CCCCCCCCCCOC(=O)/C=C/C(=O)OCC. The molecule has 0 fully saturated rings. The van der Waals surface area contributed by atoms with Crippen LogP contribution >= 0.6 is 0 Å². The summed E-state index contributed by atoms with van der Waals surface area (Å²) in [4.78, 5) is 22.2. The molecule has 0 radical (unpaired) electrons. The molecule has 0 aliphatic heterocycles. The Hall–Kier alpha value is -1.32. The highest BCUT2D eigenvalue weighted by molar-refractivity contribution is 5.91. The van der Waals surface area contributed by atoms with E-state index < -0.39 is 11.9 Å². The van der Waals surface area contributed by atoms with E-state index in [2.05, 4.69) is 11.7 Å². The summed E-state index contributed by atoms with van der Waals surface area (Å²) in [5.74, 6) is -1.00. The highest BCUT2D eigenvalue weighted by Crippen LogP contribution is 2.08. The van der Waals surface area contributed by atoms with Gasteiger partial charge in [-0.2, -0.15) is 0 Å². The lowest BCUT2D eigenvalue weighted by molar-refractivity contribution is -0.140. The Labute approximate surface area is 122 Å². The summed E-state index contributed by atoms with van der Waals surface area (Å²) in [6.45, 7) is 4.65. The van der Waals surface area contributed by atoms with Crippen LogP contribution in [0.15, 0.2) is 12.2 Å². The first-order valence-electron chi connectivity index (χ1n) is 7.72. The molecule has 0 amide bonds. The van der Waals surface area contributed by atoms with Gasteiger partial charge in [0.25, 0.3) is 0 Å². The van der Waals surface area contributed by atoms with Crippen molar-refractivity contribution >= 4 is 11.9 Å². The van der Waals surface area contributed by atoms with Gasteiger partial charge in [0.15, 0.2) is 0 Å². The molecular formula is C16H28O4. The lowest BCUT2D eigenvalue weighted by Crippen LogP contribution is -2.05. The quantitative estimate of drug-likeness (QED) is 0.311. The Morgan fingerprint density at radius 3 is 1.80 bits per heavy atom. The van der Waals surface area contributed by atoms with Crippen LogP contribution in [-0.4, -0.2) is 25.2 Å². The van der Waals surface area contributed by atoms with Crippen LogP contribution in [0.4, 0.5) is 0 Å². The van der Waals surface area contributed by atoms with Gasteiger partial charge in [-0.1, -0.05) is 51.9 Å². The second-order valence-electron chi connectivity index (χ2n) is 4.73. The van der Waals surface area contributed by atoms with Crippen molar-refractivity contribution in [2.24, 2.45) is 0 Å². The van der Waals surface area contributed by atoms with E-state index in [4.69, 9.17) is 4.74 Å². The number of carbonyl (C=O) groups excluding carboxylic acids is 2. The number of ether oxygens (including phenoxy) is 2. The predicted molar refractivity (Wildman–Crippen MR) is 79.3 cm³/mol. The maximum Gasteiger partial charge on any atom is 0.331 e. The summed E-state index contributed by atoms with van der Waals surface area (Å²) in [6, 6.07) is 0. The molecule has 0 aliphatic carbocycles. The molecule has 0 saturated heterocycles. The predicted octanol–water partition coefficient (Wildman–Crippen LogP) is 3.79. The van der Waals surface area contributed by atoms with Crippen LogP contribution in [-0.2, 0) is 19.1 Å². The largest absolute Gasteiger partial charge is 0.463 e. The molecule has 0 spiro atoms. The molecule has 0 atom stereocenters. The molecule has 4 heteroatoms. The molecule has 0 N–H and O–H groups in total. The number of hydrogen-bond donors (Lipinski definition) is 0. The third kappa shape index (κ3) is 13.1. The zero-order chi connectivity index (χ0) is 15.1. The highest BCUT2D eigenvalue weighted by atomic mass is 16.5. The Morgan fingerprint density at radius 2 is 1.25 bits per heavy atom. The van der Waals surface area contributed by atoms with Crippen LogP contribution in [0, 0.1) is 0 Å². The van der Waals surface area contributed by atoms with Gasteiger partial charge in [0.2, 0.25) is 0 Å². The summed E-state index contributed by atoms with van der Waals surface area (Å²) < 4.78 is 9.64. The Balaban J connectivity index is 3.37. The molecule has 0 aromatic carbocycles. The minimum absolute atomic E-state index is 0.302. The van der Waals surface area contributed by atoms with Crippen LogP contribution in [0.3, 0.4) is 0 Å². The Kier molecular flexibility index (Phi) is 13.2. The zero-order valence-electron chi connectivity index (χ0n) is 12.9. The fraction of sp³-hybridized carbons (Fsp3) is 0.750.